The quantitative estimate of drug-likeness (QED) is 0.679. The first-order valence-electron chi connectivity index (χ1n) is 4.85. The van der Waals surface area contributed by atoms with Gasteiger partial charge in [0.05, 0.1) is 0 Å². The van der Waals surface area contributed by atoms with Gasteiger partial charge in [0.15, 0.2) is 0 Å². The van der Waals surface area contributed by atoms with Gasteiger partial charge in [-0.05, 0) is 39.9 Å². The van der Waals surface area contributed by atoms with Gasteiger partial charge in [-0.1, -0.05) is 31.5 Å². The Morgan fingerprint density at radius 1 is 1.15 bits per heavy atom. The van der Waals surface area contributed by atoms with Crippen molar-refractivity contribution in [2.45, 2.75) is 26.2 Å². The van der Waals surface area contributed by atoms with Gasteiger partial charge in [0.25, 0.3) is 0 Å². The molecule has 0 aliphatic rings. The van der Waals surface area contributed by atoms with Crippen molar-refractivity contribution in [3.8, 4) is 0 Å². The Bertz CT molecular complexity index is 387. The second-order valence-corrected chi connectivity index (χ2v) is 4.18. The van der Waals surface area contributed by atoms with E-state index < -0.39 is 0 Å². The van der Waals surface area contributed by atoms with Crippen molar-refractivity contribution < 1.29 is 0 Å². The lowest BCUT2D eigenvalue weighted by atomic mass is 10.1. The highest BCUT2D eigenvalue weighted by Crippen LogP contribution is 2.20. The number of hydrogen-bond donors (Lipinski definition) is 0. The largest absolute Gasteiger partial charge is 0.151 e. The van der Waals surface area contributed by atoms with Crippen LogP contribution < -0.4 is 0 Å². The Labute approximate surface area is 83.2 Å². The lowest BCUT2D eigenvalue weighted by Gasteiger charge is -1.99. The van der Waals surface area contributed by atoms with Gasteiger partial charge >= 0.3 is 0 Å². The highest BCUT2D eigenvalue weighted by Gasteiger charge is 1.96. The molecule has 0 N–H and O–H groups in total. The van der Waals surface area contributed by atoms with Crippen molar-refractivity contribution in [3.05, 3.63) is 34.5 Å². The fourth-order valence-electron chi connectivity index (χ4n) is 1.55. The average Bonchev–Trinajstić information content (AvgIpc) is 2.61. The fraction of sp³-hybridized carbons (Fsp3) is 0.333. The molecule has 0 unspecified atom stereocenters. The molecule has 13 heavy (non-hydrogen) atoms. The summed E-state index contributed by atoms with van der Waals surface area (Å²) in [6, 6.07) is 6.81. The van der Waals surface area contributed by atoms with Gasteiger partial charge in [-0.25, -0.2) is 0 Å². The van der Waals surface area contributed by atoms with Gasteiger partial charge in [0.2, 0.25) is 0 Å². The zero-order valence-electron chi connectivity index (χ0n) is 7.92. The lowest BCUT2D eigenvalue weighted by molar-refractivity contribution is 0.796. The number of fused-ring (bicyclic) bond motifs is 1. The first kappa shape index (κ1) is 8.76. The predicted molar refractivity (Wildman–Crippen MR) is 60.4 cm³/mol. The number of thiophene rings is 1. The van der Waals surface area contributed by atoms with E-state index in [1.165, 1.54) is 35.6 Å². The Hall–Kier alpha value is -0.820. The third kappa shape index (κ3) is 1.92. The van der Waals surface area contributed by atoms with E-state index in [9.17, 15) is 0 Å². The topological polar surface area (TPSA) is 0 Å². The number of benzene rings is 1. The summed E-state index contributed by atoms with van der Waals surface area (Å²) in [5, 5.41) is 7.22. The van der Waals surface area contributed by atoms with Crippen LogP contribution in [0.4, 0.5) is 0 Å². The van der Waals surface area contributed by atoms with Crippen molar-refractivity contribution in [1.29, 1.82) is 0 Å². The summed E-state index contributed by atoms with van der Waals surface area (Å²) < 4.78 is 0. The molecular weight excluding hydrogens is 176 g/mol. The van der Waals surface area contributed by atoms with Crippen LogP contribution in [0.15, 0.2) is 29.0 Å². The van der Waals surface area contributed by atoms with Crippen LogP contribution in [0.1, 0.15) is 25.3 Å². The van der Waals surface area contributed by atoms with Crippen LogP contribution in [0.2, 0.25) is 0 Å². The van der Waals surface area contributed by atoms with Crippen LogP contribution in [-0.4, -0.2) is 0 Å². The smallest absolute Gasteiger partial charge is 0.00144 e. The van der Waals surface area contributed by atoms with Crippen LogP contribution in [-0.2, 0) is 6.42 Å². The minimum Gasteiger partial charge on any atom is -0.151 e. The van der Waals surface area contributed by atoms with E-state index in [4.69, 9.17) is 0 Å². The summed E-state index contributed by atoms with van der Waals surface area (Å²) in [6.45, 7) is 2.24. The van der Waals surface area contributed by atoms with E-state index in [0.29, 0.717) is 0 Å². The van der Waals surface area contributed by atoms with Crippen LogP contribution >= 0.6 is 11.3 Å². The van der Waals surface area contributed by atoms with Gasteiger partial charge < -0.3 is 0 Å². The van der Waals surface area contributed by atoms with E-state index in [0.717, 1.165) is 0 Å². The zero-order chi connectivity index (χ0) is 9.10. The minimum absolute atomic E-state index is 1.22. The first-order valence-corrected chi connectivity index (χ1v) is 5.79. The fourth-order valence-corrected chi connectivity index (χ4v) is 2.33. The summed E-state index contributed by atoms with van der Waals surface area (Å²) in [6.07, 6.45) is 3.81. The molecule has 0 saturated carbocycles. The SMILES string of the molecule is CCCCc1ccc2cscc2c1. The van der Waals surface area contributed by atoms with Gasteiger partial charge in [-0.15, -0.1) is 0 Å². The Kier molecular flexibility index (Phi) is 2.65. The molecule has 0 atom stereocenters. The Balaban J connectivity index is 2.26. The average molecular weight is 190 g/mol. The molecule has 0 aliphatic carbocycles. The van der Waals surface area contributed by atoms with E-state index in [-0.39, 0.29) is 0 Å². The molecular formula is C12H14S. The van der Waals surface area contributed by atoms with Crippen LogP contribution in [0.25, 0.3) is 10.8 Å². The van der Waals surface area contributed by atoms with E-state index in [2.05, 4.69) is 35.9 Å². The summed E-state index contributed by atoms with van der Waals surface area (Å²) in [4.78, 5) is 0. The number of rotatable bonds is 3. The molecule has 0 bridgehead atoms. The summed E-state index contributed by atoms with van der Waals surface area (Å²) in [5.74, 6) is 0. The molecule has 0 amide bonds. The molecule has 0 spiro atoms. The lowest BCUT2D eigenvalue weighted by Crippen LogP contribution is -1.82. The molecule has 68 valence electrons. The number of unbranched alkanes of at least 4 members (excludes halogenated alkanes) is 1. The molecule has 2 aromatic rings. The zero-order valence-corrected chi connectivity index (χ0v) is 8.73. The number of aryl methyl sites for hydroxylation is 1. The monoisotopic (exact) mass is 190 g/mol. The van der Waals surface area contributed by atoms with Crippen LogP contribution in [0, 0.1) is 0 Å². The summed E-state index contributed by atoms with van der Waals surface area (Å²) in [5.41, 5.74) is 1.48. The predicted octanol–water partition coefficient (Wildman–Crippen LogP) is 4.24. The minimum atomic E-state index is 1.22. The highest BCUT2D eigenvalue weighted by molar-refractivity contribution is 7.09. The maximum atomic E-state index is 2.32. The molecule has 2 rings (SSSR count). The van der Waals surface area contributed by atoms with Gasteiger partial charge in [-0.3, -0.25) is 0 Å². The van der Waals surface area contributed by atoms with Gasteiger partial charge in [-0.2, -0.15) is 11.3 Å². The second-order valence-electron chi connectivity index (χ2n) is 3.44. The Morgan fingerprint density at radius 2 is 2.00 bits per heavy atom. The van der Waals surface area contributed by atoms with Gasteiger partial charge in [0.1, 0.15) is 0 Å². The molecule has 0 radical (unpaired) electrons. The van der Waals surface area contributed by atoms with Crippen LogP contribution in [0.5, 0.6) is 0 Å². The molecule has 1 heteroatoms. The first-order chi connectivity index (χ1) is 6.40. The summed E-state index contributed by atoms with van der Waals surface area (Å²) >= 11 is 1.79. The standard InChI is InChI=1S/C12H14S/c1-2-3-4-10-5-6-11-8-13-9-12(11)7-10/h5-9H,2-4H2,1H3. The highest BCUT2D eigenvalue weighted by atomic mass is 32.1. The van der Waals surface area contributed by atoms with Gasteiger partial charge in [0, 0.05) is 0 Å². The summed E-state index contributed by atoms with van der Waals surface area (Å²) in [7, 11) is 0. The van der Waals surface area contributed by atoms with Crippen molar-refractivity contribution >= 4 is 22.1 Å². The maximum absolute atomic E-state index is 2.32. The number of hydrogen-bond acceptors (Lipinski definition) is 1. The van der Waals surface area contributed by atoms with Crippen molar-refractivity contribution in [2.24, 2.45) is 0 Å². The van der Waals surface area contributed by atoms with E-state index >= 15 is 0 Å². The van der Waals surface area contributed by atoms with Crippen LogP contribution in [0.3, 0.4) is 0 Å². The van der Waals surface area contributed by atoms with Crippen molar-refractivity contribution in [1.82, 2.24) is 0 Å². The molecule has 1 aromatic heterocycles. The second kappa shape index (κ2) is 3.93. The Morgan fingerprint density at radius 3 is 2.85 bits per heavy atom. The molecule has 0 aliphatic heterocycles. The van der Waals surface area contributed by atoms with E-state index in [1.807, 2.05) is 0 Å². The molecule has 0 saturated heterocycles. The van der Waals surface area contributed by atoms with E-state index in [1.54, 1.807) is 11.3 Å². The molecule has 1 heterocycles. The molecule has 1 aromatic carbocycles. The third-order valence-electron chi connectivity index (χ3n) is 2.36. The maximum Gasteiger partial charge on any atom is -0.00144 e. The normalized spacial score (nSPS) is 10.8. The molecule has 0 nitrogen and oxygen atoms in total. The van der Waals surface area contributed by atoms with Crippen molar-refractivity contribution in [3.63, 3.8) is 0 Å². The third-order valence-corrected chi connectivity index (χ3v) is 3.14. The molecule has 0 fully saturated rings. The van der Waals surface area contributed by atoms with Crippen molar-refractivity contribution in [2.75, 3.05) is 0 Å².